The summed E-state index contributed by atoms with van der Waals surface area (Å²) in [6.07, 6.45) is 11.5. The van der Waals surface area contributed by atoms with Gasteiger partial charge in [-0.05, 0) is 82.3 Å². The molecule has 2 aliphatic rings. The number of para-hydroxylation sites is 1. The molecule has 0 spiro atoms. The predicted octanol–water partition coefficient (Wildman–Crippen LogP) is 7.69. The first-order valence-electron chi connectivity index (χ1n) is 13.5. The number of likely N-dealkylation sites (tertiary alicyclic amines) is 1. The second kappa shape index (κ2) is 25.2. The topological polar surface area (TPSA) is 53.6 Å². The smallest absolute Gasteiger partial charge is 0.221 e. The summed E-state index contributed by atoms with van der Waals surface area (Å²) < 4.78 is 5.39. The number of carbonyl (C=O) groups excluding carboxylic acids is 1. The number of hydrogen-bond acceptors (Lipinski definition) is 4. The van der Waals surface area contributed by atoms with Crippen LogP contribution in [0, 0.1) is 12.8 Å². The van der Waals surface area contributed by atoms with Crippen molar-refractivity contribution < 1.29 is 9.53 Å². The van der Waals surface area contributed by atoms with Crippen LogP contribution < -0.4 is 10.6 Å². The SMILES string of the molecule is C=C.CC.CC(=O)Nc1ccccc1C.CC1CCN(C)CC1.CO/C1=C(\CNC=S)CC/C=C\CC1. The molecule has 5 nitrogen and oxygen atoms in total. The van der Waals surface area contributed by atoms with Gasteiger partial charge in [0.15, 0.2) is 0 Å². The maximum Gasteiger partial charge on any atom is 0.221 e. The van der Waals surface area contributed by atoms with E-state index in [2.05, 4.69) is 54.8 Å². The van der Waals surface area contributed by atoms with Gasteiger partial charge < -0.3 is 20.3 Å². The molecule has 1 aliphatic carbocycles. The highest BCUT2D eigenvalue weighted by molar-refractivity contribution is 7.78. The van der Waals surface area contributed by atoms with E-state index in [9.17, 15) is 4.79 Å². The number of carbonyl (C=O) groups is 1. The van der Waals surface area contributed by atoms with Crippen LogP contribution in [0.4, 0.5) is 5.69 Å². The number of ether oxygens (including phenoxy) is 1. The number of piperidine rings is 1. The van der Waals surface area contributed by atoms with Gasteiger partial charge in [0.05, 0.1) is 18.4 Å². The molecule has 0 unspecified atom stereocenters. The van der Waals surface area contributed by atoms with Gasteiger partial charge in [-0.1, -0.05) is 63.3 Å². The van der Waals surface area contributed by atoms with Crippen molar-refractivity contribution in [2.75, 3.05) is 39.1 Å². The third-order valence-corrected chi connectivity index (χ3v) is 5.99. The Morgan fingerprint density at radius 1 is 1.14 bits per heavy atom. The first kappa shape index (κ1) is 36.7. The Bertz CT molecular complexity index is 770. The quantitative estimate of drug-likeness (QED) is 0.301. The van der Waals surface area contributed by atoms with Gasteiger partial charge in [-0.3, -0.25) is 4.79 Å². The van der Waals surface area contributed by atoms with E-state index in [4.69, 9.17) is 17.0 Å². The Morgan fingerprint density at radius 2 is 1.70 bits per heavy atom. The summed E-state index contributed by atoms with van der Waals surface area (Å²) in [7, 11) is 3.95. The lowest BCUT2D eigenvalue weighted by molar-refractivity contribution is -0.114. The first-order chi connectivity index (χ1) is 17.9. The van der Waals surface area contributed by atoms with Gasteiger partial charge in [0.1, 0.15) is 0 Å². The summed E-state index contributed by atoms with van der Waals surface area (Å²) >= 11 is 4.74. The van der Waals surface area contributed by atoms with E-state index in [-0.39, 0.29) is 5.91 Å². The molecule has 3 rings (SSSR count). The number of benzene rings is 1. The van der Waals surface area contributed by atoms with Gasteiger partial charge in [-0.15, -0.1) is 13.2 Å². The second-order valence-corrected chi connectivity index (χ2v) is 9.00. The molecule has 0 bridgehead atoms. The number of allylic oxidation sites excluding steroid dienone is 3. The van der Waals surface area contributed by atoms with Crippen LogP contribution in [-0.4, -0.2) is 50.1 Å². The molecule has 1 saturated heterocycles. The summed E-state index contributed by atoms with van der Waals surface area (Å²) in [4.78, 5) is 13.1. The molecular weight excluding hydrogens is 478 g/mol. The number of anilines is 1. The first-order valence-corrected chi connectivity index (χ1v) is 13.9. The highest BCUT2D eigenvalue weighted by atomic mass is 32.1. The average Bonchev–Trinajstić information content (AvgIpc) is 2.90. The largest absolute Gasteiger partial charge is 0.501 e. The molecule has 6 heteroatoms. The van der Waals surface area contributed by atoms with Gasteiger partial charge in [-0.2, -0.15) is 0 Å². The van der Waals surface area contributed by atoms with Crippen LogP contribution in [0.2, 0.25) is 0 Å². The maximum atomic E-state index is 10.7. The summed E-state index contributed by atoms with van der Waals surface area (Å²) in [6.45, 7) is 19.2. The molecular formula is C31H53N3O2S. The Morgan fingerprint density at radius 3 is 2.19 bits per heavy atom. The number of methoxy groups -OCH3 is 1. The lowest BCUT2D eigenvalue weighted by Gasteiger charge is -2.26. The zero-order chi connectivity index (χ0) is 28.5. The molecule has 0 aromatic heterocycles. The lowest BCUT2D eigenvalue weighted by Crippen LogP contribution is -2.28. The number of rotatable bonds is 5. The molecule has 1 aromatic carbocycles. The highest BCUT2D eigenvalue weighted by Crippen LogP contribution is 2.19. The number of nitrogens with zero attached hydrogens (tertiary/aromatic N) is 1. The van der Waals surface area contributed by atoms with Crippen LogP contribution in [0.1, 0.15) is 71.8 Å². The van der Waals surface area contributed by atoms with E-state index < -0.39 is 0 Å². The number of nitrogens with one attached hydrogen (secondary N) is 2. The summed E-state index contributed by atoms with van der Waals surface area (Å²) in [6, 6.07) is 7.70. The maximum absolute atomic E-state index is 10.7. The molecule has 2 N–H and O–H groups in total. The van der Waals surface area contributed by atoms with Crippen molar-refractivity contribution in [1.29, 1.82) is 0 Å². The molecule has 1 fully saturated rings. The Kier molecular flexibility index (Phi) is 25.0. The molecule has 1 aromatic rings. The van der Waals surface area contributed by atoms with Crippen LogP contribution in [0.3, 0.4) is 0 Å². The third kappa shape index (κ3) is 19.4. The number of hydrogen-bond donors (Lipinski definition) is 2. The molecule has 1 amide bonds. The number of aryl methyl sites for hydroxylation is 1. The normalized spacial score (nSPS) is 18.0. The minimum Gasteiger partial charge on any atom is -0.501 e. The van der Waals surface area contributed by atoms with Crippen molar-refractivity contribution in [2.24, 2.45) is 5.92 Å². The van der Waals surface area contributed by atoms with Crippen molar-refractivity contribution in [1.82, 2.24) is 10.2 Å². The van der Waals surface area contributed by atoms with Gasteiger partial charge >= 0.3 is 0 Å². The average molecular weight is 532 g/mol. The Hall–Kier alpha value is -2.44. The fourth-order valence-electron chi connectivity index (χ4n) is 3.66. The second-order valence-electron chi connectivity index (χ2n) is 8.76. The van der Waals surface area contributed by atoms with Crippen molar-refractivity contribution >= 4 is 29.3 Å². The predicted molar refractivity (Wildman–Crippen MR) is 167 cm³/mol. The van der Waals surface area contributed by atoms with Crippen LogP contribution in [0.15, 0.2) is 60.9 Å². The summed E-state index contributed by atoms with van der Waals surface area (Å²) in [5.74, 6) is 2.07. The monoisotopic (exact) mass is 531 g/mol. The molecule has 0 radical (unpaired) electrons. The molecule has 1 aliphatic heterocycles. The minimum atomic E-state index is -0.0284. The molecule has 0 saturated carbocycles. The minimum absolute atomic E-state index is 0.0284. The fraction of sp³-hybridized carbons (Fsp3) is 0.548. The van der Waals surface area contributed by atoms with Crippen molar-refractivity contribution in [2.45, 2.75) is 73.1 Å². The Labute approximate surface area is 233 Å². The van der Waals surface area contributed by atoms with Gasteiger partial charge in [0.25, 0.3) is 0 Å². The van der Waals surface area contributed by atoms with Gasteiger partial charge in [-0.25, -0.2) is 0 Å². The van der Waals surface area contributed by atoms with E-state index in [1.165, 1.54) is 38.4 Å². The molecule has 37 heavy (non-hydrogen) atoms. The Balaban J connectivity index is 0. The zero-order valence-electron chi connectivity index (χ0n) is 24.6. The molecule has 1 heterocycles. The lowest BCUT2D eigenvalue weighted by atomic mass is 10.00. The van der Waals surface area contributed by atoms with Crippen LogP contribution in [0.25, 0.3) is 0 Å². The third-order valence-electron chi connectivity index (χ3n) is 5.82. The van der Waals surface area contributed by atoms with Crippen LogP contribution in [-0.2, 0) is 9.53 Å². The standard InChI is InChI=1S/C11H17NOS.C9H11NO.C7H15N.C2H6.C2H4/c1-13-11-7-5-3-2-4-6-10(11)8-12-9-14;1-7-5-3-4-6-9(7)10-8(2)11;1-7-3-5-8(2)6-4-7;2*1-2/h2-3,9H,4-8H2,1H3,(H,12,14);3-6H,1-2H3,(H,10,11);7H,3-6H2,1-2H3;1-2H3;1-2H2/b3-2-,11-10-;;;;. The van der Waals surface area contributed by atoms with Crippen molar-refractivity contribution in [3.63, 3.8) is 0 Å². The van der Waals surface area contributed by atoms with E-state index in [0.717, 1.165) is 55.2 Å². The summed E-state index contributed by atoms with van der Waals surface area (Å²) in [5, 5.41) is 5.79. The summed E-state index contributed by atoms with van der Waals surface area (Å²) in [5.41, 5.74) is 4.88. The fourth-order valence-corrected chi connectivity index (χ4v) is 3.75. The van der Waals surface area contributed by atoms with E-state index >= 15 is 0 Å². The number of amides is 1. The van der Waals surface area contributed by atoms with Crippen molar-refractivity contribution in [3.8, 4) is 0 Å². The number of thiocarbonyl (C=S) groups is 1. The van der Waals surface area contributed by atoms with Crippen molar-refractivity contribution in [3.05, 3.63) is 66.5 Å². The zero-order valence-corrected chi connectivity index (χ0v) is 25.4. The van der Waals surface area contributed by atoms with E-state index in [0.29, 0.717) is 0 Å². The van der Waals surface area contributed by atoms with Crippen LogP contribution in [0.5, 0.6) is 0 Å². The molecule has 0 atom stereocenters. The van der Waals surface area contributed by atoms with Crippen LogP contribution >= 0.6 is 12.2 Å². The van der Waals surface area contributed by atoms with E-state index in [1.54, 1.807) is 12.6 Å². The van der Waals surface area contributed by atoms with Gasteiger partial charge in [0, 0.05) is 25.6 Å². The van der Waals surface area contributed by atoms with Gasteiger partial charge in [0.2, 0.25) is 5.91 Å². The van der Waals surface area contributed by atoms with E-state index in [1.807, 2.05) is 45.0 Å². The highest BCUT2D eigenvalue weighted by Gasteiger charge is 2.10. The molecule has 210 valence electrons.